The van der Waals surface area contributed by atoms with E-state index in [-0.39, 0.29) is 11.9 Å². The summed E-state index contributed by atoms with van der Waals surface area (Å²) in [5.41, 5.74) is 4.62. The molecule has 0 aliphatic carbocycles. The van der Waals surface area contributed by atoms with Crippen LogP contribution in [0.3, 0.4) is 0 Å². The van der Waals surface area contributed by atoms with Crippen LogP contribution in [0, 0.1) is 12.3 Å². The van der Waals surface area contributed by atoms with E-state index in [4.69, 9.17) is 22.6 Å². The molecular formula is C24H30N6O2. The molecule has 3 heterocycles. The van der Waals surface area contributed by atoms with E-state index < -0.39 is 6.56 Å². The van der Waals surface area contributed by atoms with Crippen LogP contribution in [-0.2, 0) is 11.3 Å². The van der Waals surface area contributed by atoms with Gasteiger partial charge in [0.05, 0.1) is 39.1 Å². The van der Waals surface area contributed by atoms with Crippen LogP contribution in [0.2, 0.25) is 0 Å². The molecule has 8 heteroatoms. The van der Waals surface area contributed by atoms with Crippen LogP contribution in [0.5, 0.6) is 5.88 Å². The Morgan fingerprint density at radius 1 is 1.44 bits per heavy atom. The lowest BCUT2D eigenvalue weighted by Crippen LogP contribution is -2.10. The van der Waals surface area contributed by atoms with Gasteiger partial charge in [0, 0.05) is 24.3 Å². The average Bonchev–Trinajstić information content (AvgIpc) is 3.11. The van der Waals surface area contributed by atoms with Crippen molar-refractivity contribution in [3.8, 4) is 5.88 Å². The first-order valence-electron chi connectivity index (χ1n) is 11.3. The van der Waals surface area contributed by atoms with Gasteiger partial charge in [-0.25, -0.2) is 9.97 Å². The summed E-state index contributed by atoms with van der Waals surface area (Å²) < 4.78 is 27.9. The van der Waals surface area contributed by atoms with Gasteiger partial charge >= 0.3 is 0 Å². The zero-order chi connectivity index (χ0) is 25.0. The van der Waals surface area contributed by atoms with E-state index in [1.54, 1.807) is 19.4 Å². The predicted molar refractivity (Wildman–Crippen MR) is 128 cm³/mol. The minimum atomic E-state index is -2.02. The Hall–Kier alpha value is -3.68. The Labute approximate surface area is 191 Å². The van der Waals surface area contributed by atoms with Crippen LogP contribution in [0.25, 0.3) is 16.6 Å². The lowest BCUT2D eigenvalue weighted by Gasteiger charge is -2.16. The third-order valence-electron chi connectivity index (χ3n) is 4.83. The van der Waals surface area contributed by atoms with Crippen LogP contribution in [0.15, 0.2) is 43.1 Å². The van der Waals surface area contributed by atoms with Gasteiger partial charge < -0.3 is 14.8 Å². The Bertz CT molecular complexity index is 1240. The molecule has 32 heavy (non-hydrogen) atoms. The highest BCUT2D eigenvalue weighted by Gasteiger charge is 2.20. The van der Waals surface area contributed by atoms with Gasteiger partial charge in [0.1, 0.15) is 11.0 Å². The largest absolute Gasteiger partial charge is 0.481 e. The van der Waals surface area contributed by atoms with Crippen molar-refractivity contribution in [2.45, 2.75) is 40.3 Å². The quantitative estimate of drug-likeness (QED) is 0.281. The number of aryl methyl sites for hydroxylation is 1. The second kappa shape index (κ2) is 10.1. The maximum atomic E-state index is 8.35. The molecule has 0 spiro atoms. The first kappa shape index (κ1) is 20.2. The molecule has 0 saturated carbocycles. The summed E-state index contributed by atoms with van der Waals surface area (Å²) in [5, 5.41) is 16.5. The standard InChI is InChI=1S/C24H30N6O2/c1-7-10-18(23(25)32-8-2)19-13-20(27-14-17-11-9-12-26-24(17)31-6)22-21(28-19)16(5)29-30(22)15(3)4/h7,9-13,15,25H,1,8,14H2,2-6H3,(H,27,28)/b18-10-,25-23?/i8D2. The predicted octanol–water partition coefficient (Wildman–Crippen LogP) is 4.92. The number of hydrogen-bond acceptors (Lipinski definition) is 7. The normalized spacial score (nSPS) is 13.0. The molecule has 0 amide bonds. The van der Waals surface area contributed by atoms with Crippen LogP contribution in [-0.4, -0.2) is 39.3 Å². The van der Waals surface area contributed by atoms with Gasteiger partial charge in [-0.3, -0.25) is 10.1 Å². The van der Waals surface area contributed by atoms with Gasteiger partial charge in [0.15, 0.2) is 0 Å². The molecule has 168 valence electrons. The zero-order valence-corrected chi connectivity index (χ0v) is 19.1. The second-order valence-electron chi connectivity index (χ2n) is 7.35. The van der Waals surface area contributed by atoms with Crippen LogP contribution < -0.4 is 10.1 Å². The topological polar surface area (TPSA) is 97.9 Å². The van der Waals surface area contributed by atoms with Crippen molar-refractivity contribution in [2.75, 3.05) is 19.0 Å². The lowest BCUT2D eigenvalue weighted by atomic mass is 10.1. The van der Waals surface area contributed by atoms with E-state index in [1.807, 2.05) is 43.7 Å². The monoisotopic (exact) mass is 436 g/mol. The van der Waals surface area contributed by atoms with Crippen molar-refractivity contribution in [3.05, 3.63) is 60.1 Å². The molecule has 0 unspecified atom stereocenters. The number of hydrogen-bond donors (Lipinski definition) is 2. The van der Waals surface area contributed by atoms with E-state index >= 15 is 0 Å². The van der Waals surface area contributed by atoms with Crippen molar-refractivity contribution in [2.24, 2.45) is 0 Å². The number of aromatic nitrogens is 4. The number of fused-ring (bicyclic) bond motifs is 1. The molecule has 0 atom stereocenters. The minimum absolute atomic E-state index is 0.0921. The molecule has 8 nitrogen and oxygen atoms in total. The van der Waals surface area contributed by atoms with E-state index in [0.29, 0.717) is 29.2 Å². The number of nitrogens with one attached hydrogen (secondary N) is 2. The van der Waals surface area contributed by atoms with Crippen molar-refractivity contribution in [1.82, 2.24) is 19.7 Å². The van der Waals surface area contributed by atoms with Gasteiger partial charge in [0.2, 0.25) is 11.8 Å². The highest BCUT2D eigenvalue weighted by atomic mass is 16.5. The van der Waals surface area contributed by atoms with Crippen LogP contribution in [0.1, 0.15) is 46.5 Å². The fourth-order valence-electron chi connectivity index (χ4n) is 3.41. The number of ether oxygens (including phenoxy) is 2. The summed E-state index contributed by atoms with van der Waals surface area (Å²) in [6, 6.07) is 5.68. The van der Waals surface area contributed by atoms with Gasteiger partial charge in [-0.2, -0.15) is 5.10 Å². The Morgan fingerprint density at radius 3 is 2.88 bits per heavy atom. The Morgan fingerprint density at radius 2 is 2.22 bits per heavy atom. The zero-order valence-electron chi connectivity index (χ0n) is 21.1. The summed E-state index contributed by atoms with van der Waals surface area (Å²) in [4.78, 5) is 9.03. The van der Waals surface area contributed by atoms with E-state index in [0.717, 1.165) is 22.5 Å². The third-order valence-corrected chi connectivity index (χ3v) is 4.83. The minimum Gasteiger partial charge on any atom is -0.481 e. The number of methoxy groups -OCH3 is 1. The summed E-state index contributed by atoms with van der Waals surface area (Å²) >= 11 is 0. The molecule has 3 rings (SSSR count). The number of nitrogens with zero attached hydrogens (tertiary/aromatic N) is 4. The second-order valence-corrected chi connectivity index (χ2v) is 7.35. The highest BCUT2D eigenvalue weighted by molar-refractivity contribution is 6.18. The fourth-order valence-corrected chi connectivity index (χ4v) is 3.41. The highest BCUT2D eigenvalue weighted by Crippen LogP contribution is 2.31. The molecule has 0 bridgehead atoms. The van der Waals surface area contributed by atoms with Crippen molar-refractivity contribution in [3.63, 3.8) is 0 Å². The smallest absolute Gasteiger partial charge is 0.218 e. The molecule has 0 fully saturated rings. The SMILES string of the molecule is [2H]C([2H])(C)OC(=N)/C(=C\C=C)c1cc(NCc2cccnc2OC)c2c(n1)c(C)nn2C(C)C. The number of rotatable bonds is 9. The molecule has 3 aromatic rings. The number of allylic oxidation sites excluding steroid dienone is 2. The molecule has 3 aromatic heterocycles. The summed E-state index contributed by atoms with van der Waals surface area (Å²) in [5.74, 6) is 0.190. The summed E-state index contributed by atoms with van der Waals surface area (Å²) in [6.07, 6.45) is 4.77. The van der Waals surface area contributed by atoms with Crippen molar-refractivity contribution in [1.29, 1.82) is 5.41 Å². The molecular weight excluding hydrogens is 404 g/mol. The van der Waals surface area contributed by atoms with E-state index in [2.05, 4.69) is 22.0 Å². The summed E-state index contributed by atoms with van der Waals surface area (Å²) in [7, 11) is 1.58. The van der Waals surface area contributed by atoms with Gasteiger partial charge in [-0.15, -0.1) is 0 Å². The number of anilines is 1. The first-order valence-corrected chi connectivity index (χ1v) is 10.3. The molecule has 0 aliphatic heterocycles. The van der Waals surface area contributed by atoms with Gasteiger partial charge in [-0.05, 0) is 45.9 Å². The Kier molecular flexibility index (Phi) is 6.38. The molecule has 0 radical (unpaired) electrons. The van der Waals surface area contributed by atoms with Crippen LogP contribution in [0.4, 0.5) is 5.69 Å². The molecule has 2 N–H and O–H groups in total. The molecule has 0 saturated heterocycles. The summed E-state index contributed by atoms with van der Waals surface area (Å²) in [6.45, 7) is 9.36. The average molecular weight is 437 g/mol. The van der Waals surface area contributed by atoms with Crippen molar-refractivity contribution >= 4 is 28.2 Å². The van der Waals surface area contributed by atoms with Crippen LogP contribution >= 0.6 is 0 Å². The fraction of sp³-hybridized carbons (Fsp3) is 0.333. The number of pyridine rings is 2. The maximum absolute atomic E-state index is 8.35. The van der Waals surface area contributed by atoms with E-state index in [1.165, 1.54) is 13.0 Å². The van der Waals surface area contributed by atoms with Gasteiger partial charge in [0.25, 0.3) is 0 Å². The van der Waals surface area contributed by atoms with Gasteiger partial charge in [-0.1, -0.05) is 18.7 Å². The van der Waals surface area contributed by atoms with E-state index in [9.17, 15) is 0 Å². The lowest BCUT2D eigenvalue weighted by molar-refractivity contribution is 0.329. The maximum Gasteiger partial charge on any atom is 0.218 e. The molecule has 0 aromatic carbocycles. The third kappa shape index (κ3) is 4.64. The Balaban J connectivity index is 2.16. The first-order chi connectivity index (χ1) is 16.1. The van der Waals surface area contributed by atoms with Crippen molar-refractivity contribution < 1.29 is 12.2 Å². The molecule has 0 aliphatic rings.